The van der Waals surface area contributed by atoms with Gasteiger partial charge < -0.3 is 15.1 Å². The van der Waals surface area contributed by atoms with Crippen molar-refractivity contribution in [3.8, 4) is 0 Å². The number of rotatable bonds is 4. The van der Waals surface area contributed by atoms with Crippen LogP contribution in [0.25, 0.3) is 0 Å². The van der Waals surface area contributed by atoms with E-state index >= 15 is 0 Å². The first-order chi connectivity index (χ1) is 11.8. The topological polar surface area (TPSA) is 34.1 Å². The van der Waals surface area contributed by atoms with Crippen LogP contribution in [0.4, 0.5) is 0 Å². The van der Waals surface area contributed by atoms with Crippen molar-refractivity contribution in [2.24, 2.45) is 10.9 Å². The Morgan fingerprint density at radius 1 is 0.875 bits per heavy atom. The normalized spacial score (nSPS) is 33.4. The second-order valence-corrected chi connectivity index (χ2v) is 8.29. The molecule has 0 aromatic rings. The van der Waals surface area contributed by atoms with Crippen molar-refractivity contribution in [3.63, 3.8) is 0 Å². The molecule has 5 nitrogen and oxygen atoms in total. The molecule has 0 radical (unpaired) electrons. The summed E-state index contributed by atoms with van der Waals surface area (Å²) >= 11 is 0. The SMILES string of the molecule is CN=C(NCC1CCN(C2CC2)C1)N1CCC(N2CCCCC2)C1. The molecule has 3 aliphatic heterocycles. The molecule has 1 N–H and O–H groups in total. The number of nitrogens with zero attached hydrogens (tertiary/aromatic N) is 4. The Morgan fingerprint density at radius 3 is 2.46 bits per heavy atom. The number of likely N-dealkylation sites (tertiary alicyclic amines) is 3. The van der Waals surface area contributed by atoms with Crippen LogP contribution < -0.4 is 5.32 Å². The Morgan fingerprint density at radius 2 is 1.71 bits per heavy atom. The zero-order chi connectivity index (χ0) is 16.4. The number of hydrogen-bond acceptors (Lipinski definition) is 3. The van der Waals surface area contributed by atoms with Gasteiger partial charge in [0.05, 0.1) is 0 Å². The van der Waals surface area contributed by atoms with Crippen molar-refractivity contribution >= 4 is 5.96 Å². The molecular weight excluding hydrogens is 298 g/mol. The molecule has 4 rings (SSSR count). The standard InChI is InChI=1S/C19H35N5/c1-20-19(21-13-16-7-11-23(14-16)17-5-6-17)24-12-8-18(15-24)22-9-3-2-4-10-22/h16-18H,2-15H2,1H3,(H,20,21). The molecule has 24 heavy (non-hydrogen) atoms. The summed E-state index contributed by atoms with van der Waals surface area (Å²) < 4.78 is 0. The van der Waals surface area contributed by atoms with Crippen molar-refractivity contribution in [1.82, 2.24) is 20.0 Å². The van der Waals surface area contributed by atoms with E-state index in [1.54, 1.807) is 0 Å². The third-order valence-corrected chi connectivity index (χ3v) is 6.51. The van der Waals surface area contributed by atoms with Crippen LogP contribution in [0, 0.1) is 5.92 Å². The quantitative estimate of drug-likeness (QED) is 0.626. The minimum Gasteiger partial charge on any atom is -0.356 e. The molecule has 0 aromatic heterocycles. The molecule has 0 spiro atoms. The average molecular weight is 334 g/mol. The minimum atomic E-state index is 0.751. The van der Waals surface area contributed by atoms with Gasteiger partial charge in [0.1, 0.15) is 0 Å². The van der Waals surface area contributed by atoms with E-state index in [1.807, 2.05) is 7.05 Å². The molecule has 136 valence electrons. The maximum Gasteiger partial charge on any atom is 0.193 e. The van der Waals surface area contributed by atoms with Crippen molar-refractivity contribution < 1.29 is 0 Å². The molecule has 1 aliphatic carbocycles. The van der Waals surface area contributed by atoms with Crippen LogP contribution in [0.5, 0.6) is 0 Å². The van der Waals surface area contributed by atoms with Crippen LogP contribution in [0.1, 0.15) is 44.9 Å². The Bertz CT molecular complexity index is 441. The molecule has 4 fully saturated rings. The first kappa shape index (κ1) is 16.6. The van der Waals surface area contributed by atoms with Gasteiger partial charge in [0.25, 0.3) is 0 Å². The van der Waals surface area contributed by atoms with Gasteiger partial charge >= 0.3 is 0 Å². The Labute approximate surface area is 147 Å². The van der Waals surface area contributed by atoms with Gasteiger partial charge in [0.15, 0.2) is 5.96 Å². The first-order valence-corrected chi connectivity index (χ1v) is 10.3. The fraction of sp³-hybridized carbons (Fsp3) is 0.947. The highest BCUT2D eigenvalue weighted by Crippen LogP contribution is 2.31. The molecule has 0 bridgehead atoms. The Kier molecular flexibility index (Phi) is 5.28. The highest BCUT2D eigenvalue weighted by Gasteiger charge is 2.35. The van der Waals surface area contributed by atoms with E-state index in [0.29, 0.717) is 0 Å². The predicted molar refractivity (Wildman–Crippen MR) is 99.5 cm³/mol. The molecule has 3 saturated heterocycles. The summed E-state index contributed by atoms with van der Waals surface area (Å²) in [5.41, 5.74) is 0. The molecule has 1 saturated carbocycles. The molecule has 0 aromatic carbocycles. The van der Waals surface area contributed by atoms with Gasteiger partial charge in [0.2, 0.25) is 0 Å². The summed E-state index contributed by atoms with van der Waals surface area (Å²) in [6.45, 7) is 8.66. The number of guanidine groups is 1. The Hall–Kier alpha value is -0.810. The van der Waals surface area contributed by atoms with Crippen molar-refractivity contribution in [2.45, 2.75) is 57.0 Å². The summed E-state index contributed by atoms with van der Waals surface area (Å²) in [4.78, 5) is 12.5. The van der Waals surface area contributed by atoms with Crippen molar-refractivity contribution in [2.75, 3.05) is 52.9 Å². The number of hydrogen-bond donors (Lipinski definition) is 1. The molecule has 3 heterocycles. The predicted octanol–water partition coefficient (Wildman–Crippen LogP) is 1.61. The van der Waals surface area contributed by atoms with Crippen molar-refractivity contribution in [1.29, 1.82) is 0 Å². The van der Waals surface area contributed by atoms with E-state index < -0.39 is 0 Å². The fourth-order valence-corrected chi connectivity index (χ4v) is 4.88. The summed E-state index contributed by atoms with van der Waals surface area (Å²) in [5.74, 6) is 1.95. The second-order valence-electron chi connectivity index (χ2n) is 8.29. The molecule has 5 heteroatoms. The number of piperidine rings is 1. The van der Waals surface area contributed by atoms with Gasteiger partial charge in [0, 0.05) is 45.3 Å². The summed E-state index contributed by atoms with van der Waals surface area (Å²) in [6.07, 6.45) is 9.75. The summed E-state index contributed by atoms with van der Waals surface area (Å²) in [6, 6.07) is 1.68. The van der Waals surface area contributed by atoms with Crippen LogP contribution in [-0.4, -0.2) is 85.6 Å². The zero-order valence-electron chi connectivity index (χ0n) is 15.4. The number of aliphatic imine (C=N–C) groups is 1. The maximum atomic E-state index is 4.58. The van der Waals surface area contributed by atoms with Gasteiger partial charge in [-0.3, -0.25) is 9.89 Å². The van der Waals surface area contributed by atoms with Gasteiger partial charge in [-0.25, -0.2) is 0 Å². The lowest BCUT2D eigenvalue weighted by atomic mass is 10.1. The van der Waals surface area contributed by atoms with E-state index in [9.17, 15) is 0 Å². The molecule has 2 unspecified atom stereocenters. The van der Waals surface area contributed by atoms with E-state index in [1.165, 1.54) is 84.2 Å². The first-order valence-electron chi connectivity index (χ1n) is 10.3. The van der Waals surface area contributed by atoms with E-state index in [0.717, 1.165) is 30.5 Å². The average Bonchev–Trinajstić information content (AvgIpc) is 3.17. The zero-order valence-corrected chi connectivity index (χ0v) is 15.4. The number of nitrogens with one attached hydrogen (secondary N) is 1. The second kappa shape index (κ2) is 7.61. The van der Waals surface area contributed by atoms with E-state index in [-0.39, 0.29) is 0 Å². The summed E-state index contributed by atoms with van der Waals surface area (Å²) in [5, 5.41) is 3.69. The van der Waals surface area contributed by atoms with Gasteiger partial charge in [-0.15, -0.1) is 0 Å². The highest BCUT2D eigenvalue weighted by molar-refractivity contribution is 5.80. The highest BCUT2D eigenvalue weighted by atomic mass is 15.3. The molecule has 0 amide bonds. The molecule has 2 atom stereocenters. The van der Waals surface area contributed by atoms with Crippen LogP contribution in [0.3, 0.4) is 0 Å². The fourth-order valence-electron chi connectivity index (χ4n) is 4.88. The van der Waals surface area contributed by atoms with E-state index in [2.05, 4.69) is 25.0 Å². The lowest BCUT2D eigenvalue weighted by Gasteiger charge is -2.32. The molecule has 4 aliphatic rings. The van der Waals surface area contributed by atoms with Crippen LogP contribution in [0.2, 0.25) is 0 Å². The minimum absolute atomic E-state index is 0.751. The summed E-state index contributed by atoms with van der Waals surface area (Å²) in [7, 11) is 1.95. The third-order valence-electron chi connectivity index (χ3n) is 6.51. The van der Waals surface area contributed by atoms with Crippen LogP contribution in [-0.2, 0) is 0 Å². The monoisotopic (exact) mass is 333 g/mol. The lowest BCUT2D eigenvalue weighted by Crippen LogP contribution is -2.45. The van der Waals surface area contributed by atoms with Gasteiger partial charge in [-0.2, -0.15) is 0 Å². The lowest BCUT2D eigenvalue weighted by molar-refractivity contribution is 0.168. The maximum absolute atomic E-state index is 4.58. The van der Waals surface area contributed by atoms with Crippen molar-refractivity contribution in [3.05, 3.63) is 0 Å². The van der Waals surface area contributed by atoms with Crippen LogP contribution in [0.15, 0.2) is 4.99 Å². The third kappa shape index (κ3) is 3.88. The van der Waals surface area contributed by atoms with Gasteiger partial charge in [-0.05, 0) is 64.1 Å². The largest absolute Gasteiger partial charge is 0.356 e. The van der Waals surface area contributed by atoms with Crippen LogP contribution >= 0.6 is 0 Å². The Balaban J connectivity index is 1.22. The molecular formula is C19H35N5. The smallest absolute Gasteiger partial charge is 0.193 e. The van der Waals surface area contributed by atoms with Gasteiger partial charge in [-0.1, -0.05) is 6.42 Å². The van der Waals surface area contributed by atoms with E-state index in [4.69, 9.17) is 0 Å².